The van der Waals surface area contributed by atoms with Crippen LogP contribution in [0.3, 0.4) is 0 Å². The summed E-state index contributed by atoms with van der Waals surface area (Å²) < 4.78 is 10.9. The highest BCUT2D eigenvalue weighted by Crippen LogP contribution is 2.43. The molecule has 1 aliphatic heterocycles. The standard InChI is InChI=1S/C24H32ClNO3/c1-18(2)16-24(27,20-6-10-22(28-3)11-7-20)23(17-26-12-14-29-15-13-26)19-4-8-21(25)9-5-19/h4-11,18,23,27H,12-17H2,1-3H3. The molecule has 2 unspecified atom stereocenters. The number of halogens is 1. The molecule has 1 aliphatic rings. The summed E-state index contributed by atoms with van der Waals surface area (Å²) in [6.07, 6.45) is 0.664. The van der Waals surface area contributed by atoms with E-state index >= 15 is 0 Å². The molecule has 1 fully saturated rings. The minimum atomic E-state index is -1.01. The number of aliphatic hydroxyl groups is 1. The van der Waals surface area contributed by atoms with Crippen LogP contribution in [0.2, 0.25) is 5.02 Å². The Hall–Kier alpha value is -1.59. The van der Waals surface area contributed by atoms with Gasteiger partial charge in [0.15, 0.2) is 0 Å². The first-order valence-electron chi connectivity index (χ1n) is 10.3. The number of benzene rings is 2. The summed E-state index contributed by atoms with van der Waals surface area (Å²) in [6, 6.07) is 15.7. The maximum Gasteiger partial charge on any atom is 0.118 e. The molecule has 5 heteroatoms. The Morgan fingerprint density at radius 1 is 1.07 bits per heavy atom. The SMILES string of the molecule is COc1ccc(C(O)(CC(C)C)C(CN2CCOCC2)c2ccc(Cl)cc2)cc1. The quantitative estimate of drug-likeness (QED) is 0.676. The summed E-state index contributed by atoms with van der Waals surface area (Å²) in [5.41, 5.74) is 1.01. The van der Waals surface area contributed by atoms with Crippen LogP contribution < -0.4 is 4.74 Å². The van der Waals surface area contributed by atoms with Gasteiger partial charge in [-0.3, -0.25) is 4.90 Å². The number of morpholine rings is 1. The Morgan fingerprint density at radius 2 is 1.69 bits per heavy atom. The van der Waals surface area contributed by atoms with Crippen molar-refractivity contribution in [2.24, 2.45) is 5.92 Å². The van der Waals surface area contributed by atoms with Crippen molar-refractivity contribution in [2.75, 3.05) is 40.0 Å². The van der Waals surface area contributed by atoms with Crippen LogP contribution in [-0.4, -0.2) is 50.0 Å². The molecule has 0 saturated carbocycles. The average Bonchev–Trinajstić information content (AvgIpc) is 2.73. The Bertz CT molecular complexity index is 757. The van der Waals surface area contributed by atoms with Crippen molar-refractivity contribution in [3.63, 3.8) is 0 Å². The van der Waals surface area contributed by atoms with Crippen LogP contribution >= 0.6 is 11.6 Å². The summed E-state index contributed by atoms with van der Waals surface area (Å²) in [5.74, 6) is 1.03. The van der Waals surface area contributed by atoms with Gasteiger partial charge in [0.05, 0.1) is 25.9 Å². The summed E-state index contributed by atoms with van der Waals surface area (Å²) in [6.45, 7) is 8.30. The van der Waals surface area contributed by atoms with Gasteiger partial charge in [-0.2, -0.15) is 0 Å². The van der Waals surface area contributed by atoms with E-state index in [9.17, 15) is 5.11 Å². The molecule has 1 saturated heterocycles. The summed E-state index contributed by atoms with van der Waals surface area (Å²) in [4.78, 5) is 2.39. The van der Waals surface area contributed by atoms with Gasteiger partial charge >= 0.3 is 0 Å². The molecule has 0 amide bonds. The molecular formula is C24H32ClNO3. The molecule has 29 heavy (non-hydrogen) atoms. The van der Waals surface area contributed by atoms with Crippen molar-refractivity contribution >= 4 is 11.6 Å². The van der Waals surface area contributed by atoms with Crippen LogP contribution in [0.4, 0.5) is 0 Å². The molecule has 1 N–H and O–H groups in total. The van der Waals surface area contributed by atoms with E-state index in [1.165, 1.54) is 0 Å². The number of hydrogen-bond acceptors (Lipinski definition) is 4. The Morgan fingerprint density at radius 3 is 2.24 bits per heavy atom. The zero-order valence-corrected chi connectivity index (χ0v) is 18.4. The maximum absolute atomic E-state index is 12.2. The van der Waals surface area contributed by atoms with Gasteiger partial charge in [-0.1, -0.05) is 49.7 Å². The zero-order valence-electron chi connectivity index (χ0n) is 17.6. The van der Waals surface area contributed by atoms with Crippen molar-refractivity contribution in [1.82, 2.24) is 4.90 Å². The fourth-order valence-electron chi connectivity index (χ4n) is 4.23. The molecule has 0 aromatic heterocycles. The first-order valence-corrected chi connectivity index (χ1v) is 10.7. The van der Waals surface area contributed by atoms with Gasteiger partial charge < -0.3 is 14.6 Å². The summed E-state index contributed by atoms with van der Waals surface area (Å²) in [5, 5.41) is 12.9. The van der Waals surface area contributed by atoms with Crippen molar-refractivity contribution in [3.8, 4) is 5.75 Å². The fourth-order valence-corrected chi connectivity index (χ4v) is 4.36. The first-order chi connectivity index (χ1) is 13.9. The van der Waals surface area contributed by atoms with Gasteiger partial charge in [0.2, 0.25) is 0 Å². The summed E-state index contributed by atoms with van der Waals surface area (Å²) in [7, 11) is 1.66. The van der Waals surface area contributed by atoms with E-state index < -0.39 is 5.60 Å². The van der Waals surface area contributed by atoms with Crippen LogP contribution in [0.1, 0.15) is 37.3 Å². The molecule has 2 aromatic rings. The van der Waals surface area contributed by atoms with Crippen LogP contribution in [0, 0.1) is 5.92 Å². The highest BCUT2D eigenvalue weighted by molar-refractivity contribution is 6.30. The van der Waals surface area contributed by atoms with Crippen LogP contribution in [0.5, 0.6) is 5.75 Å². The van der Waals surface area contributed by atoms with Gasteiger partial charge in [0, 0.05) is 30.6 Å². The van der Waals surface area contributed by atoms with Crippen LogP contribution in [0.15, 0.2) is 48.5 Å². The van der Waals surface area contributed by atoms with Gasteiger partial charge in [-0.25, -0.2) is 0 Å². The molecule has 3 rings (SSSR count). The zero-order chi connectivity index (χ0) is 20.9. The third-order valence-electron chi connectivity index (χ3n) is 5.70. The predicted octanol–water partition coefficient (Wildman–Crippen LogP) is 4.70. The molecule has 4 nitrogen and oxygen atoms in total. The lowest BCUT2D eigenvalue weighted by Gasteiger charge is -2.42. The number of nitrogens with zero attached hydrogens (tertiary/aromatic N) is 1. The monoisotopic (exact) mass is 417 g/mol. The van der Waals surface area contributed by atoms with Crippen molar-refractivity contribution in [3.05, 3.63) is 64.7 Å². The third kappa shape index (κ3) is 5.52. The van der Waals surface area contributed by atoms with E-state index in [4.69, 9.17) is 21.1 Å². The lowest BCUT2D eigenvalue weighted by molar-refractivity contribution is -0.0356. The smallest absolute Gasteiger partial charge is 0.118 e. The average molecular weight is 418 g/mol. The summed E-state index contributed by atoms with van der Waals surface area (Å²) >= 11 is 6.15. The van der Waals surface area contributed by atoms with Crippen molar-refractivity contribution in [1.29, 1.82) is 0 Å². The third-order valence-corrected chi connectivity index (χ3v) is 5.95. The Balaban J connectivity index is 2.03. The highest BCUT2D eigenvalue weighted by atomic mass is 35.5. The number of ether oxygens (including phenoxy) is 2. The molecule has 2 atom stereocenters. The molecule has 0 aliphatic carbocycles. The molecule has 158 valence electrons. The molecule has 2 aromatic carbocycles. The van der Waals surface area contributed by atoms with E-state index in [2.05, 4.69) is 18.7 Å². The Labute approximate surface area is 179 Å². The lowest BCUT2D eigenvalue weighted by atomic mass is 9.72. The van der Waals surface area contributed by atoms with E-state index in [-0.39, 0.29) is 5.92 Å². The second-order valence-electron chi connectivity index (χ2n) is 8.27. The van der Waals surface area contributed by atoms with Crippen molar-refractivity contribution < 1.29 is 14.6 Å². The van der Waals surface area contributed by atoms with Gasteiger partial charge in [0.25, 0.3) is 0 Å². The number of methoxy groups -OCH3 is 1. The Kier molecular flexibility index (Phi) is 7.58. The fraction of sp³-hybridized carbons (Fsp3) is 0.500. The minimum absolute atomic E-state index is 0.0892. The topological polar surface area (TPSA) is 41.9 Å². The molecule has 1 heterocycles. The minimum Gasteiger partial charge on any atom is -0.497 e. The number of rotatable bonds is 8. The maximum atomic E-state index is 12.2. The molecule has 0 radical (unpaired) electrons. The molecule has 0 spiro atoms. The van der Waals surface area contributed by atoms with E-state index in [0.717, 1.165) is 49.7 Å². The van der Waals surface area contributed by atoms with Crippen LogP contribution in [0.25, 0.3) is 0 Å². The van der Waals surface area contributed by atoms with E-state index in [0.29, 0.717) is 17.4 Å². The molecular weight excluding hydrogens is 386 g/mol. The largest absolute Gasteiger partial charge is 0.497 e. The lowest BCUT2D eigenvalue weighted by Crippen LogP contribution is -2.45. The van der Waals surface area contributed by atoms with E-state index in [1.807, 2.05) is 48.5 Å². The molecule has 0 bridgehead atoms. The van der Waals surface area contributed by atoms with E-state index in [1.54, 1.807) is 7.11 Å². The van der Waals surface area contributed by atoms with Gasteiger partial charge in [-0.15, -0.1) is 0 Å². The highest BCUT2D eigenvalue weighted by Gasteiger charge is 2.41. The number of hydrogen-bond donors (Lipinski definition) is 1. The van der Waals surface area contributed by atoms with Crippen molar-refractivity contribution in [2.45, 2.75) is 31.8 Å². The normalized spacial score (nSPS) is 18.4. The van der Waals surface area contributed by atoms with Crippen LogP contribution in [-0.2, 0) is 10.3 Å². The van der Waals surface area contributed by atoms with Gasteiger partial charge in [-0.05, 0) is 47.7 Å². The second-order valence-corrected chi connectivity index (χ2v) is 8.70. The first kappa shape index (κ1) is 22.1. The predicted molar refractivity (Wildman–Crippen MR) is 118 cm³/mol. The second kappa shape index (κ2) is 9.94. The van der Waals surface area contributed by atoms with Gasteiger partial charge in [0.1, 0.15) is 5.75 Å².